The van der Waals surface area contributed by atoms with E-state index in [0.29, 0.717) is 76.8 Å². The van der Waals surface area contributed by atoms with Gasteiger partial charge in [-0.1, -0.05) is 0 Å². The van der Waals surface area contributed by atoms with Gasteiger partial charge in [0, 0.05) is 119 Å². The minimum absolute atomic E-state index is 0.261. The summed E-state index contributed by atoms with van der Waals surface area (Å²) in [6.45, 7) is 16.5. The molecule has 4 aromatic rings. The quantitative estimate of drug-likeness (QED) is 0.0982. The fourth-order valence-corrected chi connectivity index (χ4v) is 10.3. The van der Waals surface area contributed by atoms with Crippen molar-refractivity contribution in [1.82, 2.24) is 49.8 Å². The molecule has 24 heteroatoms. The molecule has 0 atom stereocenters. The molecule has 6 rings (SSSR count). The number of rotatable bonds is 12. The highest BCUT2D eigenvalue weighted by Gasteiger charge is 2.26. The first-order valence-corrected chi connectivity index (χ1v) is 27.6. The number of carbonyl (C=O) groups is 5. The molecular weight excluding hydrogens is 1400 g/mol. The van der Waals surface area contributed by atoms with Gasteiger partial charge in [0.05, 0.1) is 51.2 Å². The minimum atomic E-state index is -0.612. The number of methoxy groups -OCH3 is 4. The second-order valence-corrected chi connectivity index (χ2v) is 22.9. The summed E-state index contributed by atoms with van der Waals surface area (Å²) in [6, 6.07) is 14.7. The van der Waals surface area contributed by atoms with Crippen LogP contribution in [-0.2, 0) is 49.9 Å². The molecule has 1 amide bonds. The van der Waals surface area contributed by atoms with Crippen molar-refractivity contribution in [3.63, 3.8) is 0 Å². The zero-order valence-corrected chi connectivity index (χ0v) is 50.7. The van der Waals surface area contributed by atoms with Gasteiger partial charge in [-0.15, -0.1) is 0 Å². The molecule has 0 bridgehead atoms. The molecule has 0 saturated carbocycles. The number of nitrogens with one attached hydrogen (secondary N) is 1. The van der Waals surface area contributed by atoms with E-state index in [1.165, 1.54) is 28.4 Å². The number of ether oxygens (including phenoxy) is 5. The van der Waals surface area contributed by atoms with E-state index in [-0.39, 0.29) is 17.5 Å². The lowest BCUT2D eigenvalue weighted by atomic mass is 10.2. The van der Waals surface area contributed by atoms with E-state index in [0.717, 1.165) is 76.3 Å². The molecule has 396 valence electrons. The van der Waals surface area contributed by atoms with Crippen molar-refractivity contribution in [2.75, 3.05) is 107 Å². The fraction of sp³-hybridized carbons (Fsp3) is 0.490. The molecule has 0 aromatic carbocycles. The van der Waals surface area contributed by atoms with Gasteiger partial charge in [0.25, 0.3) is 0 Å². The van der Waals surface area contributed by atoms with Crippen LogP contribution in [0, 0.1) is 14.3 Å². The molecule has 2 aliphatic rings. The first kappa shape index (κ1) is 60.3. The average Bonchev–Trinajstić information content (AvgIpc) is 3.51. The Morgan fingerprint density at radius 3 is 0.973 bits per heavy atom. The molecule has 4 aromatic heterocycles. The third-order valence-electron chi connectivity index (χ3n) is 11.2. The van der Waals surface area contributed by atoms with Crippen molar-refractivity contribution in [1.29, 1.82) is 0 Å². The average molecular weight is 1460 g/mol. The van der Waals surface area contributed by atoms with Crippen LogP contribution in [0.5, 0.6) is 0 Å². The van der Waals surface area contributed by atoms with Crippen molar-refractivity contribution in [2.24, 2.45) is 0 Å². The standard InChI is InChI=1S/C27H35I2N5O6.C22H27I2N5O4/c1-27(2,3)40-26(37)34-10-8-32(16-20-12-18(28)14-22(30-20)24(35)38-4)6-7-33(9-11-34)17-21-13-19(29)15-23(31-21)25(36)39-5;1-32-21(30)19-11-15(23)9-17(26-19)13-28-5-3-25-4-6-29(8-7-28)14-18-10-16(24)12-20(27-18)22(31)33-2/h12-15H,6-11,16-17H2,1-5H3;9-12,25H,3-8,13-14H2,1-2H3. The Hall–Kier alpha value is -3.53. The molecule has 2 saturated heterocycles. The molecule has 2 aliphatic heterocycles. The zero-order chi connectivity index (χ0) is 53.2. The number of aromatic nitrogens is 4. The van der Waals surface area contributed by atoms with E-state index < -0.39 is 29.5 Å². The Balaban J connectivity index is 0.000000276. The van der Waals surface area contributed by atoms with Gasteiger partial charge in [-0.3, -0.25) is 19.6 Å². The van der Waals surface area contributed by atoms with Gasteiger partial charge in [0.1, 0.15) is 28.4 Å². The van der Waals surface area contributed by atoms with Gasteiger partial charge in [-0.05, 0) is 160 Å². The van der Waals surface area contributed by atoms with E-state index in [9.17, 15) is 24.0 Å². The summed E-state index contributed by atoms with van der Waals surface area (Å²) >= 11 is 8.72. The van der Waals surface area contributed by atoms with Crippen LogP contribution in [0.25, 0.3) is 0 Å². The number of amides is 1. The van der Waals surface area contributed by atoms with Crippen LogP contribution < -0.4 is 5.32 Å². The second-order valence-electron chi connectivity index (χ2n) is 17.9. The maximum Gasteiger partial charge on any atom is 0.410 e. The highest BCUT2D eigenvalue weighted by Crippen LogP contribution is 2.19. The summed E-state index contributed by atoms with van der Waals surface area (Å²) in [4.78, 5) is 89.9. The van der Waals surface area contributed by atoms with Gasteiger partial charge in [0.2, 0.25) is 0 Å². The van der Waals surface area contributed by atoms with Gasteiger partial charge >= 0.3 is 30.0 Å². The Morgan fingerprint density at radius 1 is 0.452 bits per heavy atom. The molecule has 0 spiro atoms. The summed E-state index contributed by atoms with van der Waals surface area (Å²) in [7, 11) is 5.40. The highest BCUT2D eigenvalue weighted by atomic mass is 127. The maximum absolute atomic E-state index is 13.1. The minimum Gasteiger partial charge on any atom is -0.464 e. The number of esters is 4. The third-order valence-corrected chi connectivity index (χ3v) is 13.7. The van der Waals surface area contributed by atoms with E-state index in [4.69, 9.17) is 23.7 Å². The molecular formula is C49H62I4N10O10. The van der Waals surface area contributed by atoms with E-state index in [1.807, 2.05) is 45.0 Å². The summed E-state index contributed by atoms with van der Waals surface area (Å²) < 4.78 is 28.7. The lowest BCUT2D eigenvalue weighted by Gasteiger charge is -2.29. The largest absolute Gasteiger partial charge is 0.464 e. The molecule has 73 heavy (non-hydrogen) atoms. The van der Waals surface area contributed by atoms with Gasteiger partial charge in [-0.2, -0.15) is 0 Å². The first-order chi connectivity index (χ1) is 34.7. The number of nitrogens with zero attached hydrogens (tertiary/aromatic N) is 9. The molecule has 0 unspecified atom stereocenters. The van der Waals surface area contributed by atoms with E-state index in [1.54, 1.807) is 29.2 Å². The van der Waals surface area contributed by atoms with Crippen LogP contribution in [0.3, 0.4) is 0 Å². The number of carbonyl (C=O) groups excluding carboxylic acids is 5. The molecule has 0 aliphatic carbocycles. The molecule has 0 radical (unpaired) electrons. The number of hydrogen-bond donors (Lipinski definition) is 1. The van der Waals surface area contributed by atoms with Crippen LogP contribution in [-0.4, -0.2) is 187 Å². The zero-order valence-electron chi connectivity index (χ0n) is 42.1. The Labute approximate surface area is 481 Å². The third kappa shape index (κ3) is 20.5. The van der Waals surface area contributed by atoms with Crippen molar-refractivity contribution in [2.45, 2.75) is 52.6 Å². The summed E-state index contributed by atoms with van der Waals surface area (Å²) in [5, 5.41) is 3.48. The van der Waals surface area contributed by atoms with Crippen molar-refractivity contribution in [3.05, 3.63) is 108 Å². The van der Waals surface area contributed by atoms with Gasteiger partial charge < -0.3 is 33.9 Å². The number of halogens is 4. The molecule has 6 heterocycles. The molecule has 20 nitrogen and oxygen atoms in total. The van der Waals surface area contributed by atoms with Crippen LogP contribution >= 0.6 is 90.4 Å². The summed E-state index contributed by atoms with van der Waals surface area (Å²) in [5.41, 5.74) is 3.73. The monoisotopic (exact) mass is 1460 g/mol. The van der Waals surface area contributed by atoms with Gasteiger partial charge in [0.15, 0.2) is 0 Å². The number of hydrogen-bond acceptors (Lipinski definition) is 19. The number of pyridine rings is 4. The van der Waals surface area contributed by atoms with E-state index >= 15 is 0 Å². The summed E-state index contributed by atoms with van der Waals surface area (Å²) in [6.07, 6.45) is -0.366. The Kier molecular flexibility index (Phi) is 24.5. The van der Waals surface area contributed by atoms with Crippen LogP contribution in [0.4, 0.5) is 4.79 Å². The lowest BCUT2D eigenvalue weighted by Crippen LogP contribution is -2.42. The van der Waals surface area contributed by atoms with Crippen LogP contribution in [0.2, 0.25) is 0 Å². The topological polar surface area (TPSA) is 211 Å². The lowest BCUT2D eigenvalue weighted by molar-refractivity contribution is 0.0228. The van der Waals surface area contributed by atoms with Crippen molar-refractivity contribution < 1.29 is 47.7 Å². The van der Waals surface area contributed by atoms with Crippen LogP contribution in [0.1, 0.15) is 85.5 Å². The SMILES string of the molecule is COC(=O)c1cc(I)cc(CN2CCN(Cc3cc(I)cc(C(=O)OC)n3)CCN(C(=O)OC(C)(C)C)CC2)n1.COC(=O)c1cc(I)cc(CN2CCNCCN(Cc3cc(I)cc(C(=O)OC)n3)CC2)n1. The highest BCUT2D eigenvalue weighted by molar-refractivity contribution is 14.1. The Morgan fingerprint density at radius 2 is 0.712 bits per heavy atom. The molecule has 1 N–H and O–H groups in total. The maximum atomic E-state index is 13.1. The predicted molar refractivity (Wildman–Crippen MR) is 305 cm³/mol. The summed E-state index contributed by atoms with van der Waals surface area (Å²) in [5.74, 6) is -1.82. The Bertz CT molecular complexity index is 2400. The van der Waals surface area contributed by atoms with Crippen molar-refractivity contribution >= 4 is 120 Å². The predicted octanol–water partition coefficient (Wildman–Crippen LogP) is 5.98. The fourth-order valence-electron chi connectivity index (χ4n) is 7.67. The second kappa shape index (κ2) is 29.7. The molecule has 2 fully saturated rings. The smallest absolute Gasteiger partial charge is 0.410 e. The van der Waals surface area contributed by atoms with Crippen LogP contribution in [0.15, 0.2) is 48.5 Å². The van der Waals surface area contributed by atoms with E-state index in [2.05, 4.69) is 135 Å². The first-order valence-electron chi connectivity index (χ1n) is 23.3. The van der Waals surface area contributed by atoms with Gasteiger partial charge in [-0.25, -0.2) is 43.9 Å². The van der Waals surface area contributed by atoms with Crippen molar-refractivity contribution in [3.8, 4) is 0 Å². The normalized spacial score (nSPS) is 15.7.